The first-order chi connectivity index (χ1) is 6.55. The van der Waals surface area contributed by atoms with Crippen LogP contribution in [-0.2, 0) is 6.54 Å². The second-order valence-corrected chi connectivity index (χ2v) is 4.46. The molecule has 5 heteroatoms. The summed E-state index contributed by atoms with van der Waals surface area (Å²) >= 11 is 3.24. The van der Waals surface area contributed by atoms with Crippen LogP contribution < -0.4 is 0 Å². The van der Waals surface area contributed by atoms with Gasteiger partial charge >= 0.3 is 0 Å². The summed E-state index contributed by atoms with van der Waals surface area (Å²) < 4.78 is 31.6. The maximum Gasteiger partial charge on any atom is 0.261 e. The monoisotopic (exact) mass is 265 g/mol. The number of halogens is 3. The number of furan rings is 1. The van der Waals surface area contributed by atoms with Gasteiger partial charge in [0, 0.05) is 13.0 Å². The third-order valence-electron chi connectivity index (χ3n) is 2.25. The van der Waals surface area contributed by atoms with E-state index < -0.39 is 5.92 Å². The summed E-state index contributed by atoms with van der Waals surface area (Å²) in [5.41, 5.74) is 0. The molecule has 1 fully saturated rings. The molecule has 14 heavy (non-hydrogen) atoms. The van der Waals surface area contributed by atoms with E-state index in [1.807, 2.05) is 0 Å². The molecule has 0 bridgehead atoms. The molecular formula is C9H10BrF2NO. The van der Waals surface area contributed by atoms with Gasteiger partial charge in [-0.1, -0.05) is 0 Å². The minimum Gasteiger partial charge on any atom is -0.467 e. The summed E-state index contributed by atoms with van der Waals surface area (Å²) in [6.45, 7) is 0.734. The van der Waals surface area contributed by atoms with Crippen LogP contribution in [0.25, 0.3) is 0 Å². The zero-order valence-electron chi connectivity index (χ0n) is 7.47. The van der Waals surface area contributed by atoms with Crippen molar-refractivity contribution in [3.8, 4) is 0 Å². The Morgan fingerprint density at radius 2 is 2.36 bits per heavy atom. The molecule has 0 aromatic carbocycles. The number of rotatable bonds is 2. The average Bonchev–Trinajstić information content (AvgIpc) is 2.59. The first-order valence-electron chi connectivity index (χ1n) is 4.38. The Morgan fingerprint density at radius 1 is 1.57 bits per heavy atom. The molecule has 0 N–H and O–H groups in total. The number of alkyl halides is 2. The highest BCUT2D eigenvalue weighted by Gasteiger charge is 2.38. The molecule has 1 saturated heterocycles. The maximum absolute atomic E-state index is 12.8. The smallest absolute Gasteiger partial charge is 0.261 e. The number of hydrogen-bond acceptors (Lipinski definition) is 2. The molecule has 0 aliphatic carbocycles. The van der Waals surface area contributed by atoms with Gasteiger partial charge in [0.15, 0.2) is 0 Å². The molecule has 78 valence electrons. The Balaban J connectivity index is 1.94. The Bertz CT molecular complexity index is 326. The van der Waals surface area contributed by atoms with Gasteiger partial charge < -0.3 is 4.42 Å². The quantitative estimate of drug-likeness (QED) is 0.818. The largest absolute Gasteiger partial charge is 0.467 e. The zero-order chi connectivity index (χ0) is 10.2. The van der Waals surface area contributed by atoms with Gasteiger partial charge in [0.2, 0.25) is 0 Å². The van der Waals surface area contributed by atoms with Crippen molar-refractivity contribution in [2.45, 2.75) is 18.9 Å². The second-order valence-electron chi connectivity index (χ2n) is 3.55. The van der Waals surface area contributed by atoms with Crippen LogP contribution in [0.3, 0.4) is 0 Å². The minimum atomic E-state index is -2.52. The van der Waals surface area contributed by atoms with Crippen LogP contribution in [0.2, 0.25) is 0 Å². The lowest BCUT2D eigenvalue weighted by Crippen LogP contribution is -2.24. The van der Waals surface area contributed by atoms with Crippen LogP contribution in [0.15, 0.2) is 21.2 Å². The van der Waals surface area contributed by atoms with Crippen LogP contribution in [-0.4, -0.2) is 23.9 Å². The third kappa shape index (κ3) is 2.33. The molecule has 0 amide bonds. The maximum atomic E-state index is 12.8. The summed E-state index contributed by atoms with van der Waals surface area (Å²) in [4.78, 5) is 1.70. The predicted molar refractivity (Wildman–Crippen MR) is 51.2 cm³/mol. The molecule has 0 spiro atoms. The zero-order valence-corrected chi connectivity index (χ0v) is 9.06. The fourth-order valence-corrected chi connectivity index (χ4v) is 1.95. The molecule has 1 aliphatic rings. The van der Waals surface area contributed by atoms with E-state index in [1.165, 1.54) is 0 Å². The van der Waals surface area contributed by atoms with Gasteiger partial charge in [-0.05, 0) is 22.0 Å². The van der Waals surface area contributed by atoms with Gasteiger partial charge in [0.05, 0.1) is 17.6 Å². The Hall–Kier alpha value is -0.420. The van der Waals surface area contributed by atoms with Crippen molar-refractivity contribution in [1.82, 2.24) is 4.90 Å². The van der Waals surface area contributed by atoms with Gasteiger partial charge in [0.1, 0.15) is 12.0 Å². The molecule has 1 aliphatic heterocycles. The normalized spacial score (nSPS) is 21.6. The summed E-state index contributed by atoms with van der Waals surface area (Å²) in [6, 6.07) is 1.80. The molecule has 2 rings (SSSR count). The van der Waals surface area contributed by atoms with Crippen molar-refractivity contribution < 1.29 is 13.2 Å². The van der Waals surface area contributed by atoms with Crippen molar-refractivity contribution in [3.63, 3.8) is 0 Å². The summed E-state index contributed by atoms with van der Waals surface area (Å²) in [7, 11) is 0. The third-order valence-corrected chi connectivity index (χ3v) is 2.67. The van der Waals surface area contributed by atoms with Crippen LogP contribution >= 0.6 is 15.9 Å². The highest BCUT2D eigenvalue weighted by atomic mass is 79.9. The van der Waals surface area contributed by atoms with Gasteiger partial charge in [-0.25, -0.2) is 8.78 Å². The SMILES string of the molecule is FC1(F)CCN(Cc2cc(Br)co2)C1. The first kappa shape index (κ1) is 10.1. The molecule has 2 nitrogen and oxygen atoms in total. The molecular weight excluding hydrogens is 256 g/mol. The fourth-order valence-electron chi connectivity index (χ4n) is 1.60. The first-order valence-corrected chi connectivity index (χ1v) is 5.18. The molecule has 1 aromatic rings. The van der Waals surface area contributed by atoms with Crippen LogP contribution in [0.5, 0.6) is 0 Å². The Labute approximate surface area is 89.0 Å². The molecule has 0 saturated carbocycles. The van der Waals surface area contributed by atoms with Crippen molar-refractivity contribution in [2.24, 2.45) is 0 Å². The summed E-state index contributed by atoms with van der Waals surface area (Å²) in [5.74, 6) is -1.81. The van der Waals surface area contributed by atoms with Crippen LogP contribution in [0.1, 0.15) is 12.2 Å². The van der Waals surface area contributed by atoms with E-state index in [9.17, 15) is 8.78 Å². The number of likely N-dealkylation sites (tertiary alicyclic amines) is 1. The van der Waals surface area contributed by atoms with Crippen molar-refractivity contribution in [3.05, 3.63) is 22.6 Å². The van der Waals surface area contributed by atoms with E-state index >= 15 is 0 Å². The number of hydrogen-bond donors (Lipinski definition) is 0. The van der Waals surface area contributed by atoms with Crippen LogP contribution in [0.4, 0.5) is 8.78 Å². The molecule has 1 aromatic heterocycles. The van der Waals surface area contributed by atoms with Crippen LogP contribution in [0, 0.1) is 0 Å². The van der Waals surface area contributed by atoms with Gasteiger partial charge in [-0.3, -0.25) is 4.90 Å². The van der Waals surface area contributed by atoms with Crippen molar-refractivity contribution in [1.29, 1.82) is 0 Å². The Kier molecular flexibility index (Phi) is 2.62. The fraction of sp³-hybridized carbons (Fsp3) is 0.556. The predicted octanol–water partition coefficient (Wildman–Crippen LogP) is 2.88. The summed E-state index contributed by atoms with van der Waals surface area (Å²) in [5, 5.41) is 0. The van der Waals surface area contributed by atoms with Gasteiger partial charge in [-0.2, -0.15) is 0 Å². The molecule has 0 radical (unpaired) electrons. The van der Waals surface area contributed by atoms with E-state index in [1.54, 1.807) is 17.2 Å². The van der Waals surface area contributed by atoms with Crippen molar-refractivity contribution in [2.75, 3.05) is 13.1 Å². The number of nitrogens with zero attached hydrogens (tertiary/aromatic N) is 1. The Morgan fingerprint density at radius 3 is 2.86 bits per heavy atom. The lowest BCUT2D eigenvalue weighted by atomic mass is 10.3. The van der Waals surface area contributed by atoms with E-state index in [2.05, 4.69) is 15.9 Å². The average molecular weight is 266 g/mol. The molecule has 0 unspecified atom stereocenters. The molecule has 0 atom stereocenters. The van der Waals surface area contributed by atoms with E-state index in [-0.39, 0.29) is 13.0 Å². The second kappa shape index (κ2) is 3.62. The van der Waals surface area contributed by atoms with Crippen molar-refractivity contribution >= 4 is 15.9 Å². The standard InChI is InChI=1S/C9H10BrF2NO/c10-7-3-8(14-5-7)4-13-2-1-9(11,12)6-13/h3,5H,1-2,4,6H2. The van der Waals surface area contributed by atoms with Gasteiger partial charge in [-0.15, -0.1) is 0 Å². The van der Waals surface area contributed by atoms with Gasteiger partial charge in [0.25, 0.3) is 5.92 Å². The van der Waals surface area contributed by atoms with E-state index in [0.717, 1.165) is 10.2 Å². The highest BCUT2D eigenvalue weighted by molar-refractivity contribution is 9.10. The lowest BCUT2D eigenvalue weighted by molar-refractivity contribution is 0.0110. The topological polar surface area (TPSA) is 16.4 Å². The molecule has 2 heterocycles. The lowest BCUT2D eigenvalue weighted by Gasteiger charge is -2.13. The summed E-state index contributed by atoms with van der Waals surface area (Å²) in [6.07, 6.45) is 1.51. The van der Waals surface area contributed by atoms with E-state index in [0.29, 0.717) is 13.1 Å². The highest BCUT2D eigenvalue weighted by Crippen LogP contribution is 2.28. The van der Waals surface area contributed by atoms with E-state index in [4.69, 9.17) is 4.42 Å². The minimum absolute atomic E-state index is 0.0467.